The second kappa shape index (κ2) is 9.84. The lowest BCUT2D eigenvalue weighted by molar-refractivity contribution is 0.187. The summed E-state index contributed by atoms with van der Waals surface area (Å²) in [6, 6.07) is 0. The Bertz CT molecular complexity index is 319. The number of likely N-dealkylation sites (tertiary alicyclic amines) is 2. The van der Waals surface area contributed by atoms with Crippen molar-refractivity contribution in [2.24, 2.45) is 10.9 Å². The Balaban J connectivity index is 0.00000220. The van der Waals surface area contributed by atoms with Crippen molar-refractivity contribution in [3.63, 3.8) is 0 Å². The van der Waals surface area contributed by atoms with Gasteiger partial charge in [0.15, 0.2) is 5.96 Å². The fourth-order valence-electron chi connectivity index (χ4n) is 2.94. The van der Waals surface area contributed by atoms with Crippen molar-refractivity contribution in [2.75, 3.05) is 45.8 Å². The molecule has 0 unspecified atom stereocenters. The van der Waals surface area contributed by atoms with Gasteiger partial charge in [0, 0.05) is 26.2 Å². The van der Waals surface area contributed by atoms with Crippen LogP contribution in [0.2, 0.25) is 0 Å². The van der Waals surface area contributed by atoms with Gasteiger partial charge in [-0.05, 0) is 45.2 Å². The number of nitrogens with one attached hydrogen (secondary N) is 1. The summed E-state index contributed by atoms with van der Waals surface area (Å²) in [5.74, 6) is 1.85. The Kier molecular flexibility index (Phi) is 8.89. The van der Waals surface area contributed by atoms with E-state index in [0.717, 1.165) is 44.5 Å². The highest BCUT2D eigenvalue weighted by Gasteiger charge is 2.22. The van der Waals surface area contributed by atoms with Gasteiger partial charge in [0.1, 0.15) is 0 Å². The molecule has 21 heavy (non-hydrogen) atoms. The third-order valence-corrected chi connectivity index (χ3v) is 4.35. The van der Waals surface area contributed by atoms with E-state index in [-0.39, 0.29) is 30.1 Å². The number of piperidine rings is 1. The van der Waals surface area contributed by atoms with Gasteiger partial charge in [0.25, 0.3) is 0 Å². The molecule has 0 spiro atoms. The summed E-state index contributed by atoms with van der Waals surface area (Å²) in [6.07, 6.45) is 3.31. The van der Waals surface area contributed by atoms with E-state index in [1.54, 1.807) is 0 Å². The Labute approximate surface area is 146 Å². The molecule has 2 rings (SSSR count). The van der Waals surface area contributed by atoms with Crippen LogP contribution in [-0.2, 0) is 0 Å². The van der Waals surface area contributed by atoms with E-state index in [2.05, 4.69) is 29.0 Å². The van der Waals surface area contributed by atoms with Crippen molar-refractivity contribution >= 4 is 29.9 Å². The molecule has 5 nitrogen and oxygen atoms in total. The lowest BCUT2D eigenvalue weighted by Gasteiger charge is -2.29. The number of rotatable bonds is 4. The highest BCUT2D eigenvalue weighted by atomic mass is 127. The highest BCUT2D eigenvalue weighted by molar-refractivity contribution is 14.0. The molecule has 0 aromatic carbocycles. The number of halogens is 1. The average molecular weight is 410 g/mol. The van der Waals surface area contributed by atoms with E-state index in [0.29, 0.717) is 6.54 Å². The summed E-state index contributed by atoms with van der Waals surface area (Å²) in [7, 11) is 0. The topological polar surface area (TPSA) is 51.1 Å². The molecule has 2 heterocycles. The molecule has 1 atom stereocenters. The number of aliphatic imine (C=N–C) groups is 1. The van der Waals surface area contributed by atoms with Crippen LogP contribution in [0.4, 0.5) is 0 Å². The molecule has 2 fully saturated rings. The van der Waals surface area contributed by atoms with Gasteiger partial charge in [-0.25, -0.2) is 0 Å². The van der Waals surface area contributed by atoms with Crippen LogP contribution in [0.25, 0.3) is 0 Å². The summed E-state index contributed by atoms with van der Waals surface area (Å²) >= 11 is 0. The van der Waals surface area contributed by atoms with E-state index in [4.69, 9.17) is 4.99 Å². The summed E-state index contributed by atoms with van der Waals surface area (Å²) < 4.78 is 0. The molecule has 0 aromatic heterocycles. The van der Waals surface area contributed by atoms with Crippen molar-refractivity contribution in [2.45, 2.75) is 39.2 Å². The zero-order valence-electron chi connectivity index (χ0n) is 13.4. The van der Waals surface area contributed by atoms with Gasteiger partial charge in [0.2, 0.25) is 0 Å². The monoisotopic (exact) mass is 410 g/mol. The number of aliphatic hydroxyl groups is 1. The fourth-order valence-corrected chi connectivity index (χ4v) is 2.94. The summed E-state index contributed by atoms with van der Waals surface area (Å²) in [4.78, 5) is 9.41. The number of nitrogens with zero attached hydrogens (tertiary/aromatic N) is 3. The van der Waals surface area contributed by atoms with Gasteiger partial charge in [0.05, 0.1) is 12.6 Å². The van der Waals surface area contributed by atoms with Gasteiger partial charge < -0.3 is 20.2 Å². The molecule has 124 valence electrons. The first-order valence-corrected chi connectivity index (χ1v) is 8.12. The standard InChI is InChI=1S/C15H30N4O.HI/c1-3-16-15(19-10-6-14(20)12-19)17-7-11-18-8-4-13(2)5-9-18;/h13-14,20H,3-12H2,1-2H3,(H,16,17);1H/t14-;/m1./s1. The van der Waals surface area contributed by atoms with E-state index >= 15 is 0 Å². The summed E-state index contributed by atoms with van der Waals surface area (Å²) in [5, 5.41) is 13.0. The molecule has 0 aliphatic carbocycles. The SMILES string of the molecule is CCNC(=NCCN1CCC(C)CC1)N1CC[C@@H](O)C1.I. The zero-order valence-corrected chi connectivity index (χ0v) is 15.8. The third kappa shape index (κ3) is 6.28. The predicted molar refractivity (Wildman–Crippen MR) is 98.4 cm³/mol. The van der Waals surface area contributed by atoms with E-state index < -0.39 is 0 Å². The van der Waals surface area contributed by atoms with Crippen molar-refractivity contribution < 1.29 is 5.11 Å². The molecule has 2 aliphatic heterocycles. The Morgan fingerprint density at radius 1 is 1.24 bits per heavy atom. The molecule has 0 aromatic rings. The maximum Gasteiger partial charge on any atom is 0.194 e. The van der Waals surface area contributed by atoms with Crippen LogP contribution in [0.15, 0.2) is 4.99 Å². The summed E-state index contributed by atoms with van der Waals surface area (Å²) in [6.45, 7) is 11.3. The number of hydrogen-bond acceptors (Lipinski definition) is 3. The van der Waals surface area contributed by atoms with Gasteiger partial charge in [-0.3, -0.25) is 4.99 Å². The molecule has 2 aliphatic rings. The fraction of sp³-hybridized carbons (Fsp3) is 0.933. The molecular weight excluding hydrogens is 379 g/mol. The first-order chi connectivity index (χ1) is 9.69. The average Bonchev–Trinajstić information content (AvgIpc) is 2.86. The van der Waals surface area contributed by atoms with Crippen molar-refractivity contribution in [3.05, 3.63) is 0 Å². The van der Waals surface area contributed by atoms with Crippen molar-refractivity contribution in [1.82, 2.24) is 15.1 Å². The van der Waals surface area contributed by atoms with E-state index in [1.807, 2.05) is 0 Å². The van der Waals surface area contributed by atoms with E-state index in [1.165, 1.54) is 25.9 Å². The molecule has 6 heteroatoms. The number of aliphatic hydroxyl groups excluding tert-OH is 1. The summed E-state index contributed by atoms with van der Waals surface area (Å²) in [5.41, 5.74) is 0. The van der Waals surface area contributed by atoms with Crippen LogP contribution in [0.3, 0.4) is 0 Å². The Hall–Kier alpha value is -0.0800. The van der Waals surface area contributed by atoms with Crippen LogP contribution in [0.5, 0.6) is 0 Å². The second-order valence-corrected chi connectivity index (χ2v) is 6.15. The molecule has 0 bridgehead atoms. The zero-order chi connectivity index (χ0) is 14.4. The van der Waals surface area contributed by atoms with E-state index in [9.17, 15) is 5.11 Å². The lowest BCUT2D eigenvalue weighted by Crippen LogP contribution is -2.41. The molecule has 0 saturated carbocycles. The number of β-amino-alcohol motifs (C(OH)–C–C–N with tert-alkyl or cyclic N) is 1. The smallest absolute Gasteiger partial charge is 0.194 e. The predicted octanol–water partition coefficient (Wildman–Crippen LogP) is 1.37. The van der Waals surface area contributed by atoms with Crippen LogP contribution >= 0.6 is 24.0 Å². The van der Waals surface area contributed by atoms with Gasteiger partial charge in [-0.2, -0.15) is 0 Å². The Morgan fingerprint density at radius 3 is 2.52 bits per heavy atom. The molecule has 2 saturated heterocycles. The Morgan fingerprint density at radius 2 is 1.95 bits per heavy atom. The second-order valence-electron chi connectivity index (χ2n) is 6.15. The number of hydrogen-bond donors (Lipinski definition) is 2. The van der Waals surface area contributed by atoms with Gasteiger partial charge in [-0.1, -0.05) is 6.92 Å². The van der Waals surface area contributed by atoms with Gasteiger partial charge >= 0.3 is 0 Å². The molecular formula is C15H31IN4O. The van der Waals surface area contributed by atoms with Crippen LogP contribution in [0, 0.1) is 5.92 Å². The first-order valence-electron chi connectivity index (χ1n) is 8.12. The lowest BCUT2D eigenvalue weighted by atomic mass is 9.99. The minimum atomic E-state index is -0.192. The van der Waals surface area contributed by atoms with Gasteiger partial charge in [-0.15, -0.1) is 24.0 Å². The largest absolute Gasteiger partial charge is 0.391 e. The third-order valence-electron chi connectivity index (χ3n) is 4.35. The molecule has 2 N–H and O–H groups in total. The van der Waals surface area contributed by atoms with Crippen LogP contribution in [-0.4, -0.2) is 72.8 Å². The van der Waals surface area contributed by atoms with Crippen LogP contribution in [0.1, 0.15) is 33.1 Å². The maximum atomic E-state index is 9.64. The first kappa shape index (κ1) is 19.0. The quantitative estimate of drug-likeness (QED) is 0.418. The minimum Gasteiger partial charge on any atom is -0.391 e. The van der Waals surface area contributed by atoms with Crippen molar-refractivity contribution in [3.8, 4) is 0 Å². The highest BCUT2D eigenvalue weighted by Crippen LogP contribution is 2.15. The van der Waals surface area contributed by atoms with Crippen molar-refractivity contribution in [1.29, 1.82) is 0 Å². The van der Waals surface area contributed by atoms with Crippen LogP contribution < -0.4 is 5.32 Å². The molecule has 0 amide bonds. The minimum absolute atomic E-state index is 0. The molecule has 0 radical (unpaired) electrons. The maximum absolute atomic E-state index is 9.64. The number of guanidine groups is 1. The normalized spacial score (nSPS) is 25.0.